The van der Waals surface area contributed by atoms with Crippen LogP contribution in [-0.2, 0) is 34.4 Å². The van der Waals surface area contributed by atoms with E-state index in [1.807, 2.05) is 0 Å². The Kier molecular flexibility index (Phi) is 4.70. The van der Waals surface area contributed by atoms with Gasteiger partial charge in [-0.15, -0.1) is 0 Å². The summed E-state index contributed by atoms with van der Waals surface area (Å²) in [4.78, 5) is 13.5. The molecule has 0 saturated heterocycles. The van der Waals surface area contributed by atoms with E-state index in [0.717, 1.165) is 14.8 Å². The van der Waals surface area contributed by atoms with Crippen molar-refractivity contribution in [1.29, 1.82) is 0 Å². The number of alkyl halides is 2. The van der Waals surface area contributed by atoms with Crippen molar-refractivity contribution in [3.05, 3.63) is 29.7 Å². The molecule has 0 spiro atoms. The van der Waals surface area contributed by atoms with Crippen LogP contribution in [0, 0.1) is 0 Å². The summed E-state index contributed by atoms with van der Waals surface area (Å²) in [6.07, 6.45) is -0.699. The van der Waals surface area contributed by atoms with Gasteiger partial charge in [-0.25, -0.2) is 13.6 Å². The smallest absolute Gasteiger partial charge is 0.410 e. The van der Waals surface area contributed by atoms with Crippen molar-refractivity contribution in [1.82, 2.24) is 23.9 Å². The van der Waals surface area contributed by atoms with E-state index in [2.05, 4.69) is 10.2 Å². The molecule has 27 heavy (non-hydrogen) atoms. The molecule has 0 fully saturated rings. The SMILES string of the molecule is CC(C)(C)OC(=O)N1Cc2cn(S(=O)(=O)c3ccn(CC(F)F)n3)nc2C1. The Hall–Kier alpha value is -2.50. The Bertz CT molecular complexity index is 938. The Morgan fingerprint density at radius 1 is 1.30 bits per heavy atom. The maximum atomic E-state index is 12.6. The van der Waals surface area contributed by atoms with Gasteiger partial charge >= 0.3 is 16.1 Å². The number of hydrogen-bond acceptors (Lipinski definition) is 6. The zero-order chi connectivity index (χ0) is 20.0. The van der Waals surface area contributed by atoms with Crippen LogP contribution in [-0.4, -0.2) is 50.4 Å². The monoisotopic (exact) mass is 403 g/mol. The molecule has 1 aliphatic heterocycles. The molecular weight excluding hydrogens is 384 g/mol. The fourth-order valence-corrected chi connectivity index (χ4v) is 3.63. The van der Waals surface area contributed by atoms with Crippen LogP contribution >= 0.6 is 0 Å². The van der Waals surface area contributed by atoms with Crippen molar-refractivity contribution in [2.75, 3.05) is 0 Å². The lowest BCUT2D eigenvalue weighted by molar-refractivity contribution is 0.0239. The number of ether oxygens (including phenoxy) is 1. The number of nitrogens with zero attached hydrogens (tertiary/aromatic N) is 5. The lowest BCUT2D eigenvalue weighted by Crippen LogP contribution is -2.33. The van der Waals surface area contributed by atoms with Gasteiger partial charge in [0.05, 0.1) is 18.8 Å². The molecular formula is C15H19F2N5O4S. The van der Waals surface area contributed by atoms with Gasteiger partial charge in [0.25, 0.3) is 6.43 Å². The lowest BCUT2D eigenvalue weighted by atomic mass is 10.2. The predicted octanol–water partition coefficient (Wildman–Crippen LogP) is 1.83. The first-order chi connectivity index (χ1) is 12.5. The minimum atomic E-state index is -4.10. The van der Waals surface area contributed by atoms with Crippen molar-refractivity contribution in [3.63, 3.8) is 0 Å². The summed E-state index contributed by atoms with van der Waals surface area (Å²) in [5.74, 6) is 0. The fourth-order valence-electron chi connectivity index (χ4n) is 2.53. The molecule has 12 heteroatoms. The van der Waals surface area contributed by atoms with Gasteiger partial charge in [0.15, 0.2) is 5.03 Å². The van der Waals surface area contributed by atoms with Crippen LogP contribution in [0.2, 0.25) is 0 Å². The van der Waals surface area contributed by atoms with Crippen molar-refractivity contribution in [2.24, 2.45) is 0 Å². The van der Waals surface area contributed by atoms with Crippen LogP contribution in [0.1, 0.15) is 32.0 Å². The molecule has 0 saturated carbocycles. The minimum absolute atomic E-state index is 0.118. The zero-order valence-corrected chi connectivity index (χ0v) is 15.8. The van der Waals surface area contributed by atoms with Crippen molar-refractivity contribution in [2.45, 2.75) is 57.5 Å². The molecule has 1 aliphatic rings. The number of carbonyl (C=O) groups is 1. The minimum Gasteiger partial charge on any atom is -0.444 e. The van der Waals surface area contributed by atoms with Gasteiger partial charge in [-0.2, -0.15) is 22.7 Å². The van der Waals surface area contributed by atoms with E-state index in [4.69, 9.17) is 4.74 Å². The summed E-state index contributed by atoms with van der Waals surface area (Å²) in [6.45, 7) is 4.84. The molecule has 0 aromatic carbocycles. The Labute approximate surface area is 154 Å². The van der Waals surface area contributed by atoms with Crippen LogP contribution in [0.5, 0.6) is 0 Å². The molecule has 0 unspecified atom stereocenters. The van der Waals surface area contributed by atoms with E-state index in [9.17, 15) is 22.0 Å². The quantitative estimate of drug-likeness (QED) is 0.772. The summed E-state index contributed by atoms with van der Waals surface area (Å²) >= 11 is 0. The van der Waals surface area contributed by atoms with Crippen LogP contribution in [0.3, 0.4) is 0 Å². The highest BCUT2D eigenvalue weighted by molar-refractivity contribution is 7.89. The average Bonchev–Trinajstić information content (AvgIpc) is 3.17. The van der Waals surface area contributed by atoms with Crippen molar-refractivity contribution < 1.29 is 26.7 Å². The molecule has 1 amide bonds. The largest absolute Gasteiger partial charge is 0.444 e. The highest BCUT2D eigenvalue weighted by atomic mass is 32.2. The summed E-state index contributed by atoms with van der Waals surface area (Å²) < 4.78 is 56.8. The van der Waals surface area contributed by atoms with Gasteiger partial charge in [-0.05, 0) is 26.8 Å². The molecule has 0 aliphatic carbocycles. The molecule has 3 heterocycles. The zero-order valence-electron chi connectivity index (χ0n) is 15.0. The van der Waals surface area contributed by atoms with Gasteiger partial charge in [0.1, 0.15) is 12.1 Å². The van der Waals surface area contributed by atoms with Crippen molar-refractivity contribution in [3.8, 4) is 0 Å². The van der Waals surface area contributed by atoms with E-state index in [1.165, 1.54) is 17.3 Å². The molecule has 2 aromatic heterocycles. The van der Waals surface area contributed by atoms with Crippen LogP contribution < -0.4 is 0 Å². The summed E-state index contributed by atoms with van der Waals surface area (Å²) in [7, 11) is -4.10. The fraction of sp³-hybridized carbons (Fsp3) is 0.533. The van der Waals surface area contributed by atoms with Gasteiger partial charge in [-0.3, -0.25) is 9.58 Å². The number of hydrogen-bond donors (Lipinski definition) is 0. The highest BCUT2D eigenvalue weighted by Gasteiger charge is 2.32. The summed E-state index contributed by atoms with van der Waals surface area (Å²) in [5, 5.41) is 7.31. The Balaban J connectivity index is 1.76. The third-order valence-electron chi connectivity index (χ3n) is 3.66. The first-order valence-corrected chi connectivity index (χ1v) is 9.52. The maximum Gasteiger partial charge on any atom is 0.410 e. The molecule has 9 nitrogen and oxygen atoms in total. The molecule has 148 valence electrons. The standard InChI is InChI=1S/C15H19F2N5O4S/c1-15(2,3)26-14(23)20-6-10-7-22(18-11(10)8-20)27(24,25)13-4-5-21(19-13)9-12(16)17/h4-5,7,12H,6,8-9H2,1-3H3. The second kappa shape index (κ2) is 6.59. The highest BCUT2D eigenvalue weighted by Crippen LogP contribution is 2.25. The van der Waals surface area contributed by atoms with E-state index in [-0.39, 0.29) is 18.1 Å². The number of aromatic nitrogens is 4. The molecule has 0 atom stereocenters. The number of halogens is 2. The van der Waals surface area contributed by atoms with E-state index >= 15 is 0 Å². The first kappa shape index (κ1) is 19.3. The van der Waals surface area contributed by atoms with Crippen molar-refractivity contribution >= 4 is 16.1 Å². The number of rotatable bonds is 4. The van der Waals surface area contributed by atoms with Crippen LogP contribution in [0.4, 0.5) is 13.6 Å². The van der Waals surface area contributed by atoms with E-state index < -0.39 is 34.7 Å². The maximum absolute atomic E-state index is 12.6. The van der Waals surface area contributed by atoms with E-state index in [0.29, 0.717) is 11.3 Å². The second-order valence-electron chi connectivity index (χ2n) is 7.08. The van der Waals surface area contributed by atoms with Crippen LogP contribution in [0.25, 0.3) is 0 Å². The first-order valence-electron chi connectivity index (χ1n) is 8.08. The second-order valence-corrected chi connectivity index (χ2v) is 8.82. The van der Waals surface area contributed by atoms with E-state index in [1.54, 1.807) is 20.8 Å². The molecule has 3 rings (SSSR count). The Morgan fingerprint density at radius 3 is 2.59 bits per heavy atom. The lowest BCUT2D eigenvalue weighted by Gasteiger charge is -2.24. The number of fused-ring (bicyclic) bond motifs is 1. The van der Waals surface area contributed by atoms with Gasteiger partial charge in [0, 0.05) is 18.0 Å². The summed E-state index contributed by atoms with van der Waals surface area (Å²) in [6, 6.07) is 1.14. The number of carbonyl (C=O) groups excluding carboxylic acids is 1. The molecule has 0 radical (unpaired) electrons. The van der Waals surface area contributed by atoms with Gasteiger partial charge in [0.2, 0.25) is 0 Å². The average molecular weight is 403 g/mol. The normalized spacial score (nSPS) is 14.7. The topological polar surface area (TPSA) is 99.3 Å². The number of amides is 1. The molecule has 0 bridgehead atoms. The molecule has 2 aromatic rings. The van der Waals surface area contributed by atoms with Crippen LogP contribution in [0.15, 0.2) is 23.5 Å². The summed E-state index contributed by atoms with van der Waals surface area (Å²) in [5.41, 5.74) is 0.352. The Morgan fingerprint density at radius 2 is 2.00 bits per heavy atom. The van der Waals surface area contributed by atoms with Gasteiger partial charge < -0.3 is 4.74 Å². The van der Waals surface area contributed by atoms with Gasteiger partial charge in [-0.1, -0.05) is 0 Å². The molecule has 0 N–H and O–H groups in total. The third-order valence-corrected chi connectivity index (χ3v) is 5.09. The third kappa shape index (κ3) is 4.10. The predicted molar refractivity (Wildman–Crippen MR) is 88.5 cm³/mol.